The first-order valence-electron chi connectivity index (χ1n) is 8.41. The van der Waals surface area contributed by atoms with Crippen LogP contribution in [-0.2, 0) is 13.1 Å². The van der Waals surface area contributed by atoms with E-state index < -0.39 is 0 Å². The maximum atomic E-state index is 6.35. The number of nitrogens with two attached hydrogens (primary N) is 2. The topological polar surface area (TPSA) is 66.1 Å². The summed E-state index contributed by atoms with van der Waals surface area (Å²) < 4.78 is 0. The van der Waals surface area contributed by atoms with Gasteiger partial charge in [0.1, 0.15) is 0 Å². The Balaban J connectivity index is 0.00000105. The molecule has 0 aromatic heterocycles. The van der Waals surface area contributed by atoms with E-state index in [4.69, 9.17) is 11.5 Å². The molecule has 0 heterocycles. The van der Waals surface area contributed by atoms with Crippen molar-refractivity contribution in [1.29, 1.82) is 0 Å². The van der Waals surface area contributed by atoms with Crippen molar-refractivity contribution in [2.45, 2.75) is 39.8 Å². The molecule has 2 aromatic rings. The van der Waals surface area contributed by atoms with Crippen molar-refractivity contribution in [2.24, 2.45) is 11.5 Å². The van der Waals surface area contributed by atoms with Crippen molar-refractivity contribution in [3.8, 4) is 0 Å². The van der Waals surface area contributed by atoms with Crippen LogP contribution in [0.4, 0.5) is 0 Å². The Bertz CT molecular complexity index is 597. The van der Waals surface area contributed by atoms with Gasteiger partial charge >= 0.3 is 33.3 Å². The van der Waals surface area contributed by atoms with Crippen LogP contribution in [0.25, 0.3) is 5.32 Å². The summed E-state index contributed by atoms with van der Waals surface area (Å²) in [6.07, 6.45) is 0. The summed E-state index contributed by atoms with van der Waals surface area (Å²) in [5.41, 5.74) is 20.0. The van der Waals surface area contributed by atoms with Crippen LogP contribution < -0.4 is 11.5 Å². The van der Waals surface area contributed by atoms with E-state index in [1.807, 2.05) is 0 Å². The van der Waals surface area contributed by atoms with Gasteiger partial charge in [-0.05, 0) is 61.1 Å². The number of rotatable bonds is 6. The number of halogens is 2. The van der Waals surface area contributed by atoms with Gasteiger partial charge in [0.05, 0.1) is 0 Å². The van der Waals surface area contributed by atoms with E-state index in [1.165, 1.54) is 33.4 Å². The Morgan fingerprint density at radius 3 is 1.31 bits per heavy atom. The minimum absolute atomic E-state index is 0.0682. The van der Waals surface area contributed by atoms with Gasteiger partial charge in [-0.1, -0.05) is 36.4 Å². The zero-order chi connectivity index (χ0) is 19.7. The van der Waals surface area contributed by atoms with Crippen molar-refractivity contribution in [3.63, 3.8) is 0 Å². The number of hydrogen-bond acceptors (Lipinski definition) is 2. The van der Waals surface area contributed by atoms with Gasteiger partial charge in [-0.3, -0.25) is 0 Å². The fraction of sp³-hybridized carbons (Fsp3) is 0.400. The molecule has 3 nitrogen and oxygen atoms in total. The molecule has 2 aromatic carbocycles. The third kappa shape index (κ3) is 6.86. The van der Waals surface area contributed by atoms with Gasteiger partial charge in [0.25, 0.3) is 0 Å². The standard InChI is InChI=1S/C20H28N3.2ClH.Cu/c1-13-7-5-8-14(2)19(13)17(21)11-23-12-18(22)20-15(3)9-6-10-16(20)4;;;/h5-10,17-18H,11-12,21-22H2,1-4H3;2*1H;/q-1;;;+2/p-2. The van der Waals surface area contributed by atoms with E-state index in [0.29, 0.717) is 13.1 Å². The van der Waals surface area contributed by atoms with Crippen LogP contribution in [-0.4, -0.2) is 13.1 Å². The normalized spacial score (nSPS) is 13.1. The number of aryl methyl sites for hydroxylation is 4. The van der Waals surface area contributed by atoms with Gasteiger partial charge in [0.2, 0.25) is 0 Å². The molecule has 0 fully saturated rings. The molecule has 4 N–H and O–H groups in total. The van der Waals surface area contributed by atoms with E-state index >= 15 is 0 Å². The monoisotopic (exact) mass is 443 g/mol. The van der Waals surface area contributed by atoms with Gasteiger partial charge in [-0.25, -0.2) is 0 Å². The quantitative estimate of drug-likeness (QED) is 0.588. The van der Waals surface area contributed by atoms with Crippen LogP contribution in [0, 0.1) is 27.7 Å². The summed E-state index contributed by atoms with van der Waals surface area (Å²) in [6.45, 7) is 9.61. The summed E-state index contributed by atoms with van der Waals surface area (Å²) in [6, 6.07) is 12.4. The molecule has 0 saturated carbocycles. The van der Waals surface area contributed by atoms with E-state index in [9.17, 15) is 0 Å². The molecule has 0 radical (unpaired) electrons. The van der Waals surface area contributed by atoms with Gasteiger partial charge in [0, 0.05) is 12.1 Å². The van der Waals surface area contributed by atoms with Crippen molar-refractivity contribution in [1.82, 2.24) is 0 Å². The van der Waals surface area contributed by atoms with Crippen LogP contribution in [0.1, 0.15) is 45.5 Å². The molecule has 149 valence electrons. The Morgan fingerprint density at radius 2 is 1.04 bits per heavy atom. The van der Waals surface area contributed by atoms with Crippen molar-refractivity contribution < 1.29 is 13.1 Å². The summed E-state index contributed by atoms with van der Waals surface area (Å²) in [4.78, 5) is 0. The predicted octanol–water partition coefficient (Wildman–Crippen LogP) is 5.37. The third-order valence-electron chi connectivity index (χ3n) is 4.48. The second-order valence-corrected chi connectivity index (χ2v) is 8.01. The first-order valence-corrected chi connectivity index (χ1v) is 11.0. The van der Waals surface area contributed by atoms with E-state index in [-0.39, 0.29) is 12.1 Å². The molecule has 0 bridgehead atoms. The minimum atomic E-state index is -0.0682. The van der Waals surface area contributed by atoms with Crippen LogP contribution in [0.2, 0.25) is 0 Å². The Labute approximate surface area is 172 Å². The second-order valence-electron chi connectivity index (χ2n) is 6.46. The van der Waals surface area contributed by atoms with E-state index in [1.54, 1.807) is 0 Å². The fourth-order valence-electron chi connectivity index (χ4n) is 3.36. The van der Waals surface area contributed by atoms with Gasteiger partial charge in [-0.15, -0.1) is 13.1 Å². The maximum absolute atomic E-state index is 6.35. The fourth-order valence-corrected chi connectivity index (χ4v) is 3.36. The van der Waals surface area contributed by atoms with Crippen LogP contribution in [0.3, 0.4) is 0 Å². The van der Waals surface area contributed by atoms with Crippen LogP contribution in [0.5, 0.6) is 0 Å². The average molecular weight is 445 g/mol. The third-order valence-corrected chi connectivity index (χ3v) is 4.48. The van der Waals surface area contributed by atoms with Crippen LogP contribution in [0.15, 0.2) is 36.4 Å². The first-order chi connectivity index (χ1) is 12.3. The molecule has 6 heteroatoms. The summed E-state index contributed by atoms with van der Waals surface area (Å²) in [5, 5.41) is 4.64. The average Bonchev–Trinajstić information content (AvgIpc) is 2.55. The van der Waals surface area contributed by atoms with Crippen molar-refractivity contribution in [3.05, 3.63) is 75.1 Å². The van der Waals surface area contributed by atoms with Gasteiger partial charge in [0.15, 0.2) is 0 Å². The van der Waals surface area contributed by atoms with E-state index in [0.717, 1.165) is 13.1 Å². The zero-order valence-electron chi connectivity index (χ0n) is 15.7. The molecule has 2 unspecified atom stereocenters. The Kier molecular flexibility index (Phi) is 10.8. The Morgan fingerprint density at radius 1 is 0.769 bits per heavy atom. The first kappa shape index (κ1) is 23.5. The molecule has 2 atom stereocenters. The summed E-state index contributed by atoms with van der Waals surface area (Å²) >= 11 is 0.757. The van der Waals surface area contributed by atoms with E-state index in [2.05, 4.69) is 89.6 Å². The van der Waals surface area contributed by atoms with Gasteiger partial charge in [-0.2, -0.15) is 0 Å². The molecule has 2 rings (SSSR count). The molecular weight excluding hydrogens is 417 g/mol. The molecular formula is C20H28Cl2CuN3-. The predicted molar refractivity (Wildman–Crippen MR) is 110 cm³/mol. The summed E-state index contributed by atoms with van der Waals surface area (Å²) in [5.74, 6) is 0. The van der Waals surface area contributed by atoms with Gasteiger partial charge < -0.3 is 16.8 Å². The number of benzene rings is 2. The van der Waals surface area contributed by atoms with Crippen molar-refractivity contribution in [2.75, 3.05) is 13.1 Å². The number of nitrogens with zero attached hydrogens (tertiary/aromatic N) is 1. The zero-order valence-corrected chi connectivity index (χ0v) is 18.1. The summed E-state index contributed by atoms with van der Waals surface area (Å²) in [7, 11) is 9.34. The second kappa shape index (κ2) is 12.0. The number of hydrogen-bond donors (Lipinski definition) is 2. The molecule has 0 amide bonds. The molecule has 0 saturated heterocycles. The molecule has 0 aliphatic rings. The Hall–Kier alpha value is -0.581. The molecule has 0 spiro atoms. The molecule has 26 heavy (non-hydrogen) atoms. The molecule has 0 aliphatic carbocycles. The molecule has 0 aliphatic heterocycles. The van der Waals surface area contributed by atoms with Crippen LogP contribution >= 0.6 is 20.2 Å². The van der Waals surface area contributed by atoms with Crippen molar-refractivity contribution >= 4 is 20.2 Å². The SMILES string of the molecule is Cc1cccc(C)c1C(N)C[N-]CC(N)c1c(C)cccc1C.[Cl][Cu][Cl].